The Morgan fingerprint density at radius 3 is 2.67 bits per heavy atom. The molecule has 0 aromatic heterocycles. The molecule has 0 aliphatic carbocycles. The highest BCUT2D eigenvalue weighted by Crippen LogP contribution is 2.49. The summed E-state index contributed by atoms with van der Waals surface area (Å²) >= 11 is 0. The van der Waals surface area contributed by atoms with Gasteiger partial charge in [-0.2, -0.15) is 0 Å². The largest absolute Gasteiger partial charge is 0.351 e. The Labute approximate surface area is 175 Å². The summed E-state index contributed by atoms with van der Waals surface area (Å²) in [6.45, 7) is 5.31. The summed E-state index contributed by atoms with van der Waals surface area (Å²) in [7, 11) is 0. The maximum atomic E-state index is 13.4. The van der Waals surface area contributed by atoms with Crippen LogP contribution in [0.3, 0.4) is 0 Å². The van der Waals surface area contributed by atoms with E-state index in [9.17, 15) is 14.0 Å². The van der Waals surface area contributed by atoms with Crippen LogP contribution in [0.2, 0.25) is 0 Å². The standard InChI is InChI=1S/C24H25FN2O3/c1-15(2)20-14-30-24-10-11-26(21(24)13-22(28)27(20)24)23(29)18-5-3-4-17(12-18)16-6-8-19(25)9-7-16/h3-9,12,15,20-21H,10-11,13-14H2,1-2H3/t20-,21+,24-/m0/s1. The van der Waals surface area contributed by atoms with E-state index >= 15 is 0 Å². The average Bonchev–Trinajstić information content (AvgIpc) is 3.37. The zero-order valence-corrected chi connectivity index (χ0v) is 17.2. The summed E-state index contributed by atoms with van der Waals surface area (Å²) in [6, 6.07) is 13.4. The number of carbonyl (C=O) groups excluding carboxylic acids is 2. The number of nitrogens with zero attached hydrogens (tertiary/aromatic N) is 2. The van der Waals surface area contributed by atoms with Crippen molar-refractivity contribution in [1.82, 2.24) is 9.80 Å². The Kier molecular flexibility index (Phi) is 4.43. The van der Waals surface area contributed by atoms with Gasteiger partial charge in [0.25, 0.3) is 5.91 Å². The van der Waals surface area contributed by atoms with Crippen molar-refractivity contribution in [2.45, 2.75) is 44.5 Å². The second-order valence-electron chi connectivity index (χ2n) is 8.79. The molecule has 3 fully saturated rings. The molecule has 0 bridgehead atoms. The number of halogens is 1. The van der Waals surface area contributed by atoms with E-state index in [1.165, 1.54) is 12.1 Å². The molecule has 1 spiro atoms. The van der Waals surface area contributed by atoms with Gasteiger partial charge in [-0.1, -0.05) is 38.1 Å². The van der Waals surface area contributed by atoms with Crippen molar-refractivity contribution < 1.29 is 18.7 Å². The van der Waals surface area contributed by atoms with Crippen LogP contribution >= 0.6 is 0 Å². The van der Waals surface area contributed by atoms with Crippen LogP contribution in [0.5, 0.6) is 0 Å². The molecule has 0 saturated carbocycles. The van der Waals surface area contributed by atoms with E-state index in [0.29, 0.717) is 37.5 Å². The molecule has 30 heavy (non-hydrogen) atoms. The van der Waals surface area contributed by atoms with Crippen LogP contribution < -0.4 is 0 Å². The topological polar surface area (TPSA) is 49.9 Å². The van der Waals surface area contributed by atoms with Gasteiger partial charge in [0, 0.05) is 18.5 Å². The molecule has 5 rings (SSSR count). The first-order chi connectivity index (χ1) is 14.4. The fourth-order valence-corrected chi connectivity index (χ4v) is 5.25. The van der Waals surface area contributed by atoms with E-state index in [0.717, 1.165) is 11.1 Å². The SMILES string of the molecule is CC(C)[C@@H]1CO[C@@]23CCN(C(=O)c4cccc(-c5ccc(F)cc5)c4)[C@@H]2CC(=O)N13. The summed E-state index contributed by atoms with van der Waals surface area (Å²) < 4.78 is 19.5. The molecule has 156 valence electrons. The number of hydrogen-bond donors (Lipinski definition) is 0. The molecule has 3 aliphatic rings. The van der Waals surface area contributed by atoms with E-state index in [-0.39, 0.29) is 29.7 Å². The molecule has 3 saturated heterocycles. The van der Waals surface area contributed by atoms with Crippen LogP contribution in [0, 0.1) is 11.7 Å². The van der Waals surface area contributed by atoms with Crippen LogP contribution in [-0.2, 0) is 9.53 Å². The molecule has 3 heterocycles. The highest BCUT2D eigenvalue weighted by molar-refractivity contribution is 5.97. The molecule has 0 unspecified atom stereocenters. The number of likely N-dealkylation sites (tertiary alicyclic amines) is 1. The second-order valence-corrected chi connectivity index (χ2v) is 8.79. The first-order valence-corrected chi connectivity index (χ1v) is 10.5. The zero-order chi connectivity index (χ0) is 21.0. The van der Waals surface area contributed by atoms with Crippen LogP contribution in [0.25, 0.3) is 11.1 Å². The lowest BCUT2D eigenvalue weighted by atomic mass is 10.0. The van der Waals surface area contributed by atoms with Gasteiger partial charge in [0.2, 0.25) is 5.91 Å². The minimum absolute atomic E-state index is 0.0688. The normalized spacial score (nSPS) is 27.7. The highest BCUT2D eigenvalue weighted by atomic mass is 19.1. The molecular formula is C24H25FN2O3. The Morgan fingerprint density at radius 2 is 1.93 bits per heavy atom. The third-order valence-corrected chi connectivity index (χ3v) is 6.81. The highest BCUT2D eigenvalue weighted by Gasteiger charge is 2.65. The minimum Gasteiger partial charge on any atom is -0.351 e. The number of benzene rings is 2. The number of amides is 2. The fraction of sp³-hybridized carbons (Fsp3) is 0.417. The second kappa shape index (κ2) is 6.91. The van der Waals surface area contributed by atoms with Gasteiger partial charge >= 0.3 is 0 Å². The molecule has 2 aromatic carbocycles. The molecule has 3 aliphatic heterocycles. The van der Waals surface area contributed by atoms with Crippen molar-refractivity contribution >= 4 is 11.8 Å². The molecule has 0 N–H and O–H groups in total. The maximum Gasteiger partial charge on any atom is 0.254 e. The molecule has 6 heteroatoms. The van der Waals surface area contributed by atoms with Crippen LogP contribution in [0.15, 0.2) is 48.5 Å². The molecule has 2 amide bonds. The minimum atomic E-state index is -0.670. The molecule has 5 nitrogen and oxygen atoms in total. The van der Waals surface area contributed by atoms with Gasteiger partial charge < -0.3 is 14.5 Å². The van der Waals surface area contributed by atoms with E-state index in [4.69, 9.17) is 4.74 Å². The average molecular weight is 408 g/mol. The lowest BCUT2D eigenvalue weighted by Crippen LogP contribution is -2.51. The van der Waals surface area contributed by atoms with Gasteiger partial charge in [-0.3, -0.25) is 9.59 Å². The van der Waals surface area contributed by atoms with E-state index in [1.54, 1.807) is 18.2 Å². The van der Waals surface area contributed by atoms with Crippen molar-refractivity contribution in [1.29, 1.82) is 0 Å². The Bertz CT molecular complexity index is 1010. The summed E-state index contributed by atoms with van der Waals surface area (Å²) in [5.41, 5.74) is 1.61. The number of hydrogen-bond acceptors (Lipinski definition) is 3. The Morgan fingerprint density at radius 1 is 1.17 bits per heavy atom. The Hall–Kier alpha value is -2.73. The van der Waals surface area contributed by atoms with E-state index in [1.807, 2.05) is 28.0 Å². The van der Waals surface area contributed by atoms with E-state index in [2.05, 4.69) is 13.8 Å². The fourth-order valence-electron chi connectivity index (χ4n) is 5.25. The van der Waals surface area contributed by atoms with Crippen molar-refractivity contribution in [3.8, 4) is 11.1 Å². The monoisotopic (exact) mass is 408 g/mol. The zero-order valence-electron chi connectivity index (χ0n) is 17.2. The van der Waals surface area contributed by atoms with Crippen molar-refractivity contribution in [3.05, 3.63) is 59.9 Å². The van der Waals surface area contributed by atoms with Gasteiger partial charge in [-0.25, -0.2) is 4.39 Å². The number of ether oxygens (including phenoxy) is 1. The van der Waals surface area contributed by atoms with Crippen LogP contribution in [0.4, 0.5) is 4.39 Å². The van der Waals surface area contributed by atoms with Gasteiger partial charge in [0.1, 0.15) is 5.82 Å². The molecule has 3 atom stereocenters. The quantitative estimate of drug-likeness (QED) is 0.778. The third-order valence-electron chi connectivity index (χ3n) is 6.81. The lowest BCUT2D eigenvalue weighted by Gasteiger charge is -2.34. The van der Waals surface area contributed by atoms with Crippen molar-refractivity contribution in [2.75, 3.05) is 13.2 Å². The summed E-state index contributed by atoms with van der Waals surface area (Å²) in [4.78, 5) is 30.0. The van der Waals surface area contributed by atoms with Gasteiger partial charge in [-0.15, -0.1) is 0 Å². The van der Waals surface area contributed by atoms with Crippen molar-refractivity contribution in [2.24, 2.45) is 5.92 Å². The van der Waals surface area contributed by atoms with E-state index < -0.39 is 5.72 Å². The smallest absolute Gasteiger partial charge is 0.254 e. The number of rotatable bonds is 3. The third kappa shape index (κ3) is 2.77. The first-order valence-electron chi connectivity index (χ1n) is 10.5. The molecule has 2 aromatic rings. The van der Waals surface area contributed by atoms with Crippen LogP contribution in [-0.4, -0.2) is 52.6 Å². The van der Waals surface area contributed by atoms with Gasteiger partial charge in [0.15, 0.2) is 5.72 Å². The first kappa shape index (κ1) is 19.2. The summed E-state index contributed by atoms with van der Waals surface area (Å²) in [5.74, 6) is 0.00475. The van der Waals surface area contributed by atoms with Crippen LogP contribution in [0.1, 0.15) is 37.0 Å². The predicted octanol–water partition coefficient (Wildman–Crippen LogP) is 3.69. The Balaban J connectivity index is 1.43. The van der Waals surface area contributed by atoms with Gasteiger partial charge in [-0.05, 0) is 41.3 Å². The summed E-state index contributed by atoms with van der Waals surface area (Å²) in [6.07, 6.45) is 0.961. The summed E-state index contributed by atoms with van der Waals surface area (Å²) in [5, 5.41) is 0. The van der Waals surface area contributed by atoms with Crippen molar-refractivity contribution in [3.63, 3.8) is 0 Å². The molecular weight excluding hydrogens is 383 g/mol. The van der Waals surface area contributed by atoms with Gasteiger partial charge in [0.05, 0.1) is 25.1 Å². The molecule has 0 radical (unpaired) electrons. The number of carbonyl (C=O) groups is 2. The predicted molar refractivity (Wildman–Crippen MR) is 110 cm³/mol. The lowest BCUT2D eigenvalue weighted by molar-refractivity contribution is -0.139. The maximum absolute atomic E-state index is 13.4.